The van der Waals surface area contributed by atoms with Gasteiger partial charge < -0.3 is 14.6 Å². The van der Waals surface area contributed by atoms with Crippen molar-refractivity contribution in [1.29, 1.82) is 0 Å². The molecule has 5 heterocycles. The van der Waals surface area contributed by atoms with E-state index in [2.05, 4.69) is 34.4 Å². The maximum Gasteiger partial charge on any atom is 0.419 e. The van der Waals surface area contributed by atoms with E-state index in [1.165, 1.54) is 11.1 Å². The zero-order chi connectivity index (χ0) is 25.8. The van der Waals surface area contributed by atoms with Gasteiger partial charge in [0.2, 0.25) is 5.95 Å². The van der Waals surface area contributed by atoms with Gasteiger partial charge in [0, 0.05) is 31.5 Å². The summed E-state index contributed by atoms with van der Waals surface area (Å²) in [5.41, 5.74) is 5.82. The lowest BCUT2D eigenvalue weighted by atomic mass is 9.99. The largest absolute Gasteiger partial charge is 0.419 e. The van der Waals surface area contributed by atoms with Crippen LogP contribution in [-0.4, -0.2) is 42.4 Å². The molecule has 7 rings (SSSR count). The van der Waals surface area contributed by atoms with Crippen molar-refractivity contribution < 1.29 is 4.42 Å². The summed E-state index contributed by atoms with van der Waals surface area (Å²) < 4.78 is 10.6. The van der Waals surface area contributed by atoms with E-state index in [4.69, 9.17) is 9.40 Å². The van der Waals surface area contributed by atoms with Gasteiger partial charge in [-0.15, -0.1) is 0 Å². The fourth-order valence-electron chi connectivity index (χ4n) is 5.47. The zero-order valence-corrected chi connectivity index (χ0v) is 21.1. The number of benzene rings is 2. The Balaban J connectivity index is 1.37. The van der Waals surface area contributed by atoms with Crippen LogP contribution in [-0.2, 0) is 26.1 Å². The number of anilines is 2. The van der Waals surface area contributed by atoms with E-state index in [0.717, 1.165) is 43.7 Å². The van der Waals surface area contributed by atoms with Crippen molar-refractivity contribution in [3.63, 3.8) is 0 Å². The summed E-state index contributed by atoms with van der Waals surface area (Å²) >= 11 is 0. The van der Waals surface area contributed by atoms with E-state index in [-0.39, 0.29) is 11.3 Å². The minimum atomic E-state index is -0.377. The molecule has 2 aliphatic heterocycles. The average molecular weight is 510 g/mol. The molecule has 0 unspecified atom stereocenters. The molecular formula is C28H27N7O3. The first-order valence-corrected chi connectivity index (χ1v) is 12.9. The molecule has 0 saturated heterocycles. The van der Waals surface area contributed by atoms with E-state index in [9.17, 15) is 9.59 Å². The van der Waals surface area contributed by atoms with E-state index in [1.807, 2.05) is 30.4 Å². The molecule has 1 N–H and O–H groups in total. The van der Waals surface area contributed by atoms with Crippen LogP contribution in [0.2, 0.25) is 0 Å². The SMILES string of the molecule is CN1CCc2ccc(Nc3ncc4c(=O)n5n(c4n3)-c3ccc4oc(=O)n(c4c3)CCC/C=C\C5)cc2C1. The van der Waals surface area contributed by atoms with E-state index in [1.54, 1.807) is 26.2 Å². The Kier molecular flexibility index (Phi) is 5.29. The Morgan fingerprint density at radius 3 is 2.87 bits per heavy atom. The molecule has 0 atom stereocenters. The summed E-state index contributed by atoms with van der Waals surface area (Å²) in [7, 11) is 2.13. The lowest BCUT2D eigenvalue weighted by molar-refractivity contribution is 0.313. The first kappa shape index (κ1) is 22.7. The van der Waals surface area contributed by atoms with Crippen LogP contribution >= 0.6 is 0 Å². The normalized spacial score (nSPS) is 16.7. The number of nitrogens with one attached hydrogen (secondary N) is 1. The first-order valence-electron chi connectivity index (χ1n) is 12.9. The summed E-state index contributed by atoms with van der Waals surface area (Å²) in [6.45, 7) is 2.92. The summed E-state index contributed by atoms with van der Waals surface area (Å²) in [6.07, 6.45) is 8.23. The van der Waals surface area contributed by atoms with Gasteiger partial charge in [0.05, 0.1) is 17.7 Å². The molecule has 10 heteroatoms. The monoisotopic (exact) mass is 509 g/mol. The number of aryl methyl sites for hydroxylation is 1. The molecule has 0 fully saturated rings. The van der Waals surface area contributed by atoms with Gasteiger partial charge in [0.1, 0.15) is 5.39 Å². The molecule has 0 spiro atoms. The topological polar surface area (TPSA) is 103 Å². The second-order valence-corrected chi connectivity index (χ2v) is 10.0. The molecular weight excluding hydrogens is 482 g/mol. The molecule has 2 bridgehead atoms. The van der Waals surface area contributed by atoms with E-state index >= 15 is 0 Å². The van der Waals surface area contributed by atoms with Crippen molar-refractivity contribution in [1.82, 2.24) is 28.8 Å². The molecule has 192 valence electrons. The van der Waals surface area contributed by atoms with Gasteiger partial charge in [0.25, 0.3) is 5.56 Å². The van der Waals surface area contributed by atoms with Gasteiger partial charge in [-0.05, 0) is 67.8 Å². The van der Waals surface area contributed by atoms with Crippen LogP contribution in [0.4, 0.5) is 11.6 Å². The summed E-state index contributed by atoms with van der Waals surface area (Å²) in [5, 5.41) is 3.76. The molecule has 0 saturated carbocycles. The number of nitrogens with zero attached hydrogens (tertiary/aromatic N) is 6. The number of hydrogen-bond donors (Lipinski definition) is 1. The third kappa shape index (κ3) is 3.76. The molecule has 0 radical (unpaired) electrons. The van der Waals surface area contributed by atoms with Crippen LogP contribution in [0.1, 0.15) is 24.0 Å². The van der Waals surface area contributed by atoms with E-state index < -0.39 is 0 Å². The third-order valence-corrected chi connectivity index (χ3v) is 7.43. The van der Waals surface area contributed by atoms with Gasteiger partial charge >= 0.3 is 5.76 Å². The highest BCUT2D eigenvalue weighted by Crippen LogP contribution is 2.25. The molecule has 5 aromatic rings. The smallest absolute Gasteiger partial charge is 0.408 e. The molecule has 0 amide bonds. The zero-order valence-electron chi connectivity index (χ0n) is 21.1. The number of aromatic nitrogens is 5. The van der Waals surface area contributed by atoms with Crippen molar-refractivity contribution in [3.05, 3.63) is 86.8 Å². The van der Waals surface area contributed by atoms with Crippen molar-refractivity contribution in [2.75, 3.05) is 18.9 Å². The summed E-state index contributed by atoms with van der Waals surface area (Å²) in [5.74, 6) is 0.0310. The molecule has 3 aromatic heterocycles. The van der Waals surface area contributed by atoms with Gasteiger partial charge in [-0.2, -0.15) is 4.98 Å². The number of likely N-dealkylation sites (N-methyl/N-ethyl adjacent to an activating group) is 1. The van der Waals surface area contributed by atoms with Crippen molar-refractivity contribution in [3.8, 4) is 5.69 Å². The Bertz CT molecular complexity index is 1860. The predicted octanol–water partition coefficient (Wildman–Crippen LogP) is 3.57. The quantitative estimate of drug-likeness (QED) is 0.363. The second-order valence-electron chi connectivity index (χ2n) is 10.0. The minimum Gasteiger partial charge on any atom is -0.408 e. The van der Waals surface area contributed by atoms with Gasteiger partial charge in [0.15, 0.2) is 11.2 Å². The second kappa shape index (κ2) is 8.84. The highest BCUT2D eigenvalue weighted by Gasteiger charge is 2.20. The Morgan fingerprint density at radius 2 is 1.95 bits per heavy atom. The van der Waals surface area contributed by atoms with Gasteiger partial charge in [-0.3, -0.25) is 9.36 Å². The van der Waals surface area contributed by atoms with Gasteiger partial charge in [-0.25, -0.2) is 19.1 Å². The predicted molar refractivity (Wildman–Crippen MR) is 145 cm³/mol. The highest BCUT2D eigenvalue weighted by atomic mass is 16.4. The fraction of sp³-hybridized carbons (Fsp3) is 0.286. The lowest BCUT2D eigenvalue weighted by Crippen LogP contribution is -2.26. The number of fused-ring (bicyclic) bond motifs is 6. The van der Waals surface area contributed by atoms with Crippen LogP contribution in [0, 0.1) is 0 Å². The molecule has 0 aliphatic carbocycles. The third-order valence-electron chi connectivity index (χ3n) is 7.43. The summed E-state index contributed by atoms with van der Waals surface area (Å²) in [6, 6.07) is 11.9. The van der Waals surface area contributed by atoms with Crippen LogP contribution in [0.15, 0.2) is 68.8 Å². The Hall–Kier alpha value is -4.44. The van der Waals surface area contributed by atoms with Crippen LogP contribution in [0.5, 0.6) is 0 Å². The van der Waals surface area contributed by atoms with Crippen LogP contribution < -0.4 is 16.6 Å². The maximum atomic E-state index is 13.5. The van der Waals surface area contributed by atoms with Crippen molar-refractivity contribution in [2.45, 2.75) is 38.9 Å². The standard InChI is InChI=1S/C28H27N7O3/c1-32-13-10-18-6-7-20(14-19(18)17-32)30-27-29-16-22-25(31-27)35-21-8-9-24-23(15-21)33(28(37)38-24)11-4-2-3-5-12-34(35)26(22)36/h3,5-9,14-16H,2,4,10-13,17H2,1H3,(H,29,30,31)/b5-3-. The molecule has 38 heavy (non-hydrogen) atoms. The average Bonchev–Trinajstić information content (AvgIpc) is 3.36. The van der Waals surface area contributed by atoms with Crippen molar-refractivity contribution in [2.24, 2.45) is 0 Å². The maximum absolute atomic E-state index is 13.5. The summed E-state index contributed by atoms with van der Waals surface area (Å²) in [4.78, 5) is 37.5. The number of rotatable bonds is 2. The van der Waals surface area contributed by atoms with Crippen LogP contribution in [0.3, 0.4) is 0 Å². The molecule has 10 nitrogen and oxygen atoms in total. The van der Waals surface area contributed by atoms with Crippen molar-refractivity contribution >= 4 is 33.8 Å². The Labute approximate surface area is 217 Å². The minimum absolute atomic E-state index is 0.172. The highest BCUT2D eigenvalue weighted by molar-refractivity contribution is 5.80. The fourth-order valence-corrected chi connectivity index (χ4v) is 5.47. The Morgan fingerprint density at radius 1 is 1.03 bits per heavy atom. The number of hydrogen-bond acceptors (Lipinski definition) is 7. The first-order chi connectivity index (χ1) is 18.5. The number of oxazole rings is 1. The van der Waals surface area contributed by atoms with Crippen LogP contribution in [0.25, 0.3) is 27.8 Å². The molecule has 2 aliphatic rings. The van der Waals surface area contributed by atoms with Gasteiger partial charge in [-0.1, -0.05) is 18.2 Å². The van der Waals surface area contributed by atoms with E-state index in [0.29, 0.717) is 41.2 Å². The number of allylic oxidation sites excluding steroid dienone is 2. The molecule has 2 aromatic carbocycles. The lowest BCUT2D eigenvalue weighted by Gasteiger charge is -2.25.